The molecule has 0 bridgehead atoms. The molecule has 146 valence electrons. The molecule has 2 amide bonds. The highest BCUT2D eigenvalue weighted by molar-refractivity contribution is 7.91. The van der Waals surface area contributed by atoms with Crippen molar-refractivity contribution in [2.75, 3.05) is 11.6 Å². The Bertz CT molecular complexity index is 901. The number of carbonyl (C=O) groups excluding carboxylic acids is 1. The predicted octanol–water partition coefficient (Wildman–Crippen LogP) is 2.77. The highest BCUT2D eigenvalue weighted by atomic mass is 32.2. The van der Waals surface area contributed by atoms with Crippen molar-refractivity contribution in [3.8, 4) is 5.69 Å². The molecule has 2 atom stereocenters. The lowest BCUT2D eigenvalue weighted by Gasteiger charge is -2.12. The number of sulfone groups is 1. The molecule has 0 aliphatic heterocycles. The fourth-order valence-corrected chi connectivity index (χ4v) is 3.37. The van der Waals surface area contributed by atoms with E-state index >= 15 is 0 Å². The normalized spacial score (nSPS) is 16.6. The number of anilines is 1. The summed E-state index contributed by atoms with van der Waals surface area (Å²) in [5.41, 5.74) is 1.79. The highest BCUT2D eigenvalue weighted by Crippen LogP contribution is 2.32. The summed E-state index contributed by atoms with van der Waals surface area (Å²) < 4.78 is 24.8. The minimum Gasteiger partial charge on any atom is -0.335 e. The quantitative estimate of drug-likeness (QED) is 0.760. The van der Waals surface area contributed by atoms with Crippen molar-refractivity contribution in [1.29, 1.82) is 0 Å². The van der Waals surface area contributed by atoms with Crippen LogP contribution in [0.1, 0.15) is 32.3 Å². The number of hydrogen-bond donors (Lipinski definition) is 2. The van der Waals surface area contributed by atoms with E-state index in [2.05, 4.69) is 15.7 Å². The van der Waals surface area contributed by atoms with Crippen molar-refractivity contribution in [2.45, 2.75) is 44.4 Å². The first-order valence-corrected chi connectivity index (χ1v) is 11.1. The molecule has 3 rings (SSSR count). The van der Waals surface area contributed by atoms with E-state index in [0.717, 1.165) is 11.3 Å². The van der Waals surface area contributed by atoms with Crippen LogP contribution in [0.2, 0.25) is 0 Å². The number of urea groups is 1. The number of nitrogens with zero attached hydrogens (tertiary/aromatic N) is 2. The van der Waals surface area contributed by atoms with Gasteiger partial charge in [-0.25, -0.2) is 17.9 Å². The van der Waals surface area contributed by atoms with E-state index in [9.17, 15) is 13.2 Å². The van der Waals surface area contributed by atoms with Gasteiger partial charge in [-0.15, -0.1) is 5.10 Å². The van der Waals surface area contributed by atoms with E-state index in [1.807, 2.05) is 31.2 Å². The molecule has 7 nitrogen and oxygen atoms in total. The van der Waals surface area contributed by atoms with Crippen LogP contribution in [0.15, 0.2) is 36.5 Å². The highest BCUT2D eigenvalue weighted by Gasteiger charge is 2.28. The van der Waals surface area contributed by atoms with Crippen molar-refractivity contribution in [3.63, 3.8) is 0 Å². The lowest BCUT2D eigenvalue weighted by Crippen LogP contribution is -2.37. The third-order valence-electron chi connectivity index (χ3n) is 4.97. The van der Waals surface area contributed by atoms with Gasteiger partial charge in [-0.1, -0.05) is 12.1 Å². The molecule has 1 fully saturated rings. The second kappa shape index (κ2) is 7.72. The van der Waals surface area contributed by atoms with Gasteiger partial charge in [0.2, 0.25) is 0 Å². The minimum absolute atomic E-state index is 0.175. The second-order valence-corrected chi connectivity index (χ2v) is 9.84. The molecule has 2 N–H and O–H groups in total. The van der Waals surface area contributed by atoms with Gasteiger partial charge in [0.1, 0.15) is 9.84 Å². The Kier molecular flexibility index (Phi) is 5.55. The summed E-state index contributed by atoms with van der Waals surface area (Å²) in [5.74, 6) is 1.07. The Balaban J connectivity index is 1.59. The van der Waals surface area contributed by atoms with Crippen LogP contribution in [0.5, 0.6) is 0 Å². The first-order chi connectivity index (χ1) is 12.7. The van der Waals surface area contributed by atoms with Crippen LogP contribution < -0.4 is 10.6 Å². The summed E-state index contributed by atoms with van der Waals surface area (Å²) in [4.78, 5) is 12.0. The third kappa shape index (κ3) is 5.32. The number of aromatic nitrogens is 2. The molecular weight excluding hydrogens is 364 g/mol. The van der Waals surface area contributed by atoms with E-state index < -0.39 is 15.1 Å². The first-order valence-electron chi connectivity index (χ1n) is 9.14. The molecule has 2 aromatic rings. The molecule has 1 unspecified atom stereocenters. The van der Waals surface area contributed by atoms with Gasteiger partial charge < -0.3 is 5.32 Å². The SMILES string of the molecule is CC(Cc1ccc(-n2ccc(NC(=O)N[C@@H](C)C3CC3)n2)cc1)S(C)(=O)=O. The largest absolute Gasteiger partial charge is 0.335 e. The van der Waals surface area contributed by atoms with Crippen LogP contribution in [0, 0.1) is 5.92 Å². The predicted molar refractivity (Wildman–Crippen MR) is 106 cm³/mol. The molecule has 1 heterocycles. The maximum absolute atomic E-state index is 12.0. The van der Waals surface area contributed by atoms with Crippen LogP contribution in [0.25, 0.3) is 5.69 Å². The van der Waals surface area contributed by atoms with Crippen LogP contribution in [0.4, 0.5) is 10.6 Å². The van der Waals surface area contributed by atoms with Crippen LogP contribution in [-0.4, -0.2) is 41.8 Å². The maximum atomic E-state index is 12.0. The van der Waals surface area contributed by atoms with Crippen molar-refractivity contribution in [3.05, 3.63) is 42.1 Å². The first kappa shape index (κ1) is 19.4. The second-order valence-electron chi connectivity index (χ2n) is 7.38. The van der Waals surface area contributed by atoms with E-state index in [1.165, 1.54) is 19.1 Å². The molecule has 1 aromatic heterocycles. The zero-order valence-corrected chi connectivity index (χ0v) is 16.7. The topological polar surface area (TPSA) is 93.1 Å². The van der Waals surface area contributed by atoms with E-state index in [0.29, 0.717) is 18.2 Å². The monoisotopic (exact) mass is 390 g/mol. The Morgan fingerprint density at radius 3 is 2.48 bits per heavy atom. The molecule has 1 aromatic carbocycles. The average Bonchev–Trinajstić information content (AvgIpc) is 3.35. The van der Waals surface area contributed by atoms with Gasteiger partial charge in [0.15, 0.2) is 5.82 Å². The number of amides is 2. The molecule has 1 aliphatic rings. The van der Waals surface area contributed by atoms with Gasteiger partial charge in [0, 0.05) is 24.6 Å². The summed E-state index contributed by atoms with van der Waals surface area (Å²) >= 11 is 0. The fraction of sp³-hybridized carbons (Fsp3) is 0.474. The van der Waals surface area contributed by atoms with Gasteiger partial charge in [-0.3, -0.25) is 5.32 Å². The summed E-state index contributed by atoms with van der Waals surface area (Å²) in [6.07, 6.45) is 5.86. The summed E-state index contributed by atoms with van der Waals surface area (Å²) in [5, 5.41) is 9.63. The number of benzene rings is 1. The van der Waals surface area contributed by atoms with E-state index in [4.69, 9.17) is 0 Å². The van der Waals surface area contributed by atoms with Crippen LogP contribution in [-0.2, 0) is 16.3 Å². The Labute approximate surface area is 160 Å². The number of rotatable bonds is 7. The van der Waals surface area contributed by atoms with E-state index in [1.54, 1.807) is 23.9 Å². The van der Waals surface area contributed by atoms with Crippen molar-refractivity contribution >= 4 is 21.7 Å². The van der Waals surface area contributed by atoms with E-state index in [-0.39, 0.29) is 12.1 Å². The third-order valence-corrected chi connectivity index (χ3v) is 6.60. The average molecular weight is 391 g/mol. The number of nitrogens with one attached hydrogen (secondary N) is 2. The molecule has 0 radical (unpaired) electrons. The number of carbonyl (C=O) groups is 1. The Morgan fingerprint density at radius 2 is 1.89 bits per heavy atom. The summed E-state index contributed by atoms with van der Waals surface area (Å²) in [6, 6.07) is 9.23. The lowest BCUT2D eigenvalue weighted by atomic mass is 10.1. The van der Waals surface area contributed by atoms with Crippen molar-refractivity contribution in [2.24, 2.45) is 5.92 Å². The molecule has 27 heavy (non-hydrogen) atoms. The molecule has 1 aliphatic carbocycles. The molecule has 0 spiro atoms. The van der Waals surface area contributed by atoms with Crippen molar-refractivity contribution in [1.82, 2.24) is 15.1 Å². The smallest absolute Gasteiger partial charge is 0.320 e. The van der Waals surface area contributed by atoms with Crippen LogP contribution in [0.3, 0.4) is 0 Å². The molecular formula is C19H26N4O3S. The van der Waals surface area contributed by atoms with Gasteiger partial charge in [-0.05, 0) is 56.7 Å². The zero-order valence-electron chi connectivity index (χ0n) is 15.8. The van der Waals surface area contributed by atoms with Crippen molar-refractivity contribution < 1.29 is 13.2 Å². The maximum Gasteiger partial charge on any atom is 0.320 e. The molecule has 0 saturated heterocycles. The van der Waals surface area contributed by atoms with Gasteiger partial charge in [-0.2, -0.15) is 0 Å². The molecule has 1 saturated carbocycles. The Hall–Kier alpha value is -2.35. The van der Waals surface area contributed by atoms with Gasteiger partial charge in [0.05, 0.1) is 10.9 Å². The fourth-order valence-electron chi connectivity index (χ4n) is 2.88. The minimum atomic E-state index is -3.05. The Morgan fingerprint density at radius 1 is 1.22 bits per heavy atom. The summed E-state index contributed by atoms with van der Waals surface area (Å²) in [7, 11) is -3.05. The van der Waals surface area contributed by atoms with Gasteiger partial charge in [0.25, 0.3) is 0 Å². The standard InChI is InChI=1S/C19H26N4O3S/c1-13(27(3,25)26)12-15-4-8-17(9-5-15)23-11-10-18(22-23)21-19(24)20-14(2)16-6-7-16/h4-5,8-11,13-14,16H,6-7,12H2,1-3H3,(H2,20,21,22,24)/t13?,14-/m0/s1. The molecule has 8 heteroatoms. The summed E-state index contributed by atoms with van der Waals surface area (Å²) in [6.45, 7) is 3.73. The number of hydrogen-bond acceptors (Lipinski definition) is 4. The zero-order chi connectivity index (χ0) is 19.6. The van der Waals surface area contributed by atoms with Crippen LogP contribution >= 0.6 is 0 Å². The van der Waals surface area contributed by atoms with Gasteiger partial charge >= 0.3 is 6.03 Å². The lowest BCUT2D eigenvalue weighted by molar-refractivity contribution is 0.248.